The van der Waals surface area contributed by atoms with Crippen molar-refractivity contribution in [3.8, 4) is 0 Å². The van der Waals surface area contributed by atoms with Crippen LogP contribution in [-0.4, -0.2) is 44.0 Å². The molecular formula is C22H30N6O2. The molecule has 2 aliphatic heterocycles. The minimum Gasteiger partial charge on any atom is -0.384 e. The fraction of sp³-hybridized carbons (Fsp3) is 0.545. The Balaban J connectivity index is 1.58. The van der Waals surface area contributed by atoms with Crippen LogP contribution in [0.25, 0.3) is 0 Å². The largest absolute Gasteiger partial charge is 0.384 e. The number of nitrogens with zero attached hydrogens (tertiary/aromatic N) is 3. The molecule has 2 saturated heterocycles. The van der Waals surface area contributed by atoms with Crippen molar-refractivity contribution in [2.75, 3.05) is 5.73 Å². The lowest BCUT2D eigenvalue weighted by molar-refractivity contribution is -0.133. The summed E-state index contributed by atoms with van der Waals surface area (Å²) in [6, 6.07) is 5.22. The van der Waals surface area contributed by atoms with Crippen molar-refractivity contribution in [1.29, 1.82) is 0 Å². The van der Waals surface area contributed by atoms with Gasteiger partial charge in [0.1, 0.15) is 5.82 Å². The summed E-state index contributed by atoms with van der Waals surface area (Å²) in [5.41, 5.74) is 6.52. The second-order valence-electron chi connectivity index (χ2n) is 8.99. The van der Waals surface area contributed by atoms with Gasteiger partial charge in [0.2, 0.25) is 5.91 Å². The van der Waals surface area contributed by atoms with E-state index in [1.807, 2.05) is 11.0 Å². The highest BCUT2D eigenvalue weighted by molar-refractivity contribution is 5.96. The summed E-state index contributed by atoms with van der Waals surface area (Å²) < 4.78 is 0. The predicted octanol–water partition coefficient (Wildman–Crippen LogP) is 2.50. The zero-order valence-corrected chi connectivity index (χ0v) is 17.6. The Bertz CT molecular complexity index is 895. The van der Waals surface area contributed by atoms with Crippen LogP contribution in [0.5, 0.6) is 0 Å². The molecule has 4 rings (SSSR count). The Hall–Kier alpha value is -2.90. The molecule has 0 aliphatic carbocycles. The topological polar surface area (TPSA) is 117 Å². The number of amides is 2. The van der Waals surface area contributed by atoms with E-state index in [2.05, 4.69) is 34.3 Å². The molecular weight excluding hydrogens is 380 g/mol. The Labute approximate surface area is 176 Å². The molecule has 2 aromatic rings. The minimum atomic E-state index is -0.551. The summed E-state index contributed by atoms with van der Waals surface area (Å²) in [4.78, 5) is 32.8. The highest BCUT2D eigenvalue weighted by atomic mass is 16.2. The molecule has 4 N–H and O–H groups in total. The van der Waals surface area contributed by atoms with E-state index in [4.69, 9.17) is 5.73 Å². The molecule has 8 heteroatoms. The van der Waals surface area contributed by atoms with Crippen molar-refractivity contribution in [3.05, 3.63) is 41.9 Å². The van der Waals surface area contributed by atoms with Crippen LogP contribution >= 0.6 is 0 Å². The van der Waals surface area contributed by atoms with Gasteiger partial charge in [-0.15, -0.1) is 0 Å². The van der Waals surface area contributed by atoms with Crippen LogP contribution < -0.4 is 11.1 Å². The van der Waals surface area contributed by atoms with Crippen LogP contribution in [0.1, 0.15) is 62.0 Å². The summed E-state index contributed by atoms with van der Waals surface area (Å²) in [6.07, 6.45) is 7.45. The maximum Gasteiger partial charge on any atom is 0.255 e. The van der Waals surface area contributed by atoms with E-state index in [9.17, 15) is 9.59 Å². The normalized spacial score (nSPS) is 25.1. The van der Waals surface area contributed by atoms with Crippen LogP contribution in [0.4, 0.5) is 5.82 Å². The summed E-state index contributed by atoms with van der Waals surface area (Å²) in [5.74, 6) is 0.869. The standard InChI is InChI=1S/C22H30N6O2/c1-14(2)7-9-22(21(30)25-13-16-8-10-26-27-16)11-17-4-5-18(22)28(17)20(29)15-3-6-19(23)24-12-15/h3,6,8,10,12,14,17-18H,4-5,7,9,11,13H2,1-2H3,(H2,23,24)(H,25,30)(H,26,27)/t17-,18+,22+/m1/s1. The predicted molar refractivity (Wildman–Crippen MR) is 113 cm³/mol. The molecule has 0 aromatic carbocycles. The van der Waals surface area contributed by atoms with Gasteiger partial charge in [-0.05, 0) is 56.2 Å². The quantitative estimate of drug-likeness (QED) is 0.648. The van der Waals surface area contributed by atoms with Gasteiger partial charge in [0.25, 0.3) is 5.91 Å². The van der Waals surface area contributed by atoms with Gasteiger partial charge >= 0.3 is 0 Å². The Morgan fingerprint density at radius 2 is 2.17 bits per heavy atom. The second kappa shape index (κ2) is 8.08. The zero-order valence-electron chi connectivity index (χ0n) is 17.6. The number of hydrogen-bond acceptors (Lipinski definition) is 5. The highest BCUT2D eigenvalue weighted by Crippen LogP contribution is 2.53. The minimum absolute atomic E-state index is 0.0400. The molecule has 0 spiro atoms. The number of nitrogen functional groups attached to an aromatic ring is 1. The van der Waals surface area contributed by atoms with Gasteiger partial charge in [0.05, 0.1) is 23.2 Å². The number of pyridine rings is 1. The Kier molecular flexibility index (Phi) is 5.49. The van der Waals surface area contributed by atoms with E-state index >= 15 is 0 Å². The molecule has 4 heterocycles. The first-order chi connectivity index (χ1) is 14.4. The van der Waals surface area contributed by atoms with Crippen LogP contribution in [0.2, 0.25) is 0 Å². The zero-order chi connectivity index (χ0) is 21.3. The molecule has 0 saturated carbocycles. The van der Waals surface area contributed by atoms with Gasteiger partial charge in [-0.1, -0.05) is 13.8 Å². The van der Waals surface area contributed by atoms with Gasteiger partial charge in [-0.25, -0.2) is 4.98 Å². The number of carbonyl (C=O) groups is 2. The SMILES string of the molecule is CC(C)CC[C@]1(C(=O)NCc2ccn[nH]2)C[C@H]2CC[C@@H]1N2C(=O)c1ccc(N)nc1. The van der Waals surface area contributed by atoms with Crippen molar-refractivity contribution in [3.63, 3.8) is 0 Å². The summed E-state index contributed by atoms with van der Waals surface area (Å²) >= 11 is 0. The lowest BCUT2D eigenvalue weighted by atomic mass is 9.69. The fourth-order valence-corrected chi connectivity index (χ4v) is 5.08. The van der Waals surface area contributed by atoms with E-state index in [0.717, 1.165) is 31.4 Å². The summed E-state index contributed by atoms with van der Waals surface area (Å²) in [5, 5.41) is 9.94. The van der Waals surface area contributed by atoms with E-state index in [1.165, 1.54) is 6.20 Å². The number of anilines is 1. The van der Waals surface area contributed by atoms with Crippen molar-refractivity contribution in [1.82, 2.24) is 25.4 Å². The van der Waals surface area contributed by atoms with E-state index in [0.29, 0.717) is 30.3 Å². The molecule has 2 fully saturated rings. The number of carbonyl (C=O) groups excluding carboxylic acids is 2. The molecule has 0 unspecified atom stereocenters. The van der Waals surface area contributed by atoms with E-state index in [1.54, 1.807) is 18.3 Å². The lowest BCUT2D eigenvalue weighted by Crippen LogP contribution is -2.50. The number of rotatable bonds is 7. The maximum atomic E-state index is 13.5. The Morgan fingerprint density at radius 3 is 2.83 bits per heavy atom. The van der Waals surface area contributed by atoms with Crippen molar-refractivity contribution in [2.45, 2.75) is 64.6 Å². The molecule has 3 atom stereocenters. The second-order valence-corrected chi connectivity index (χ2v) is 8.99. The van der Waals surface area contributed by atoms with Gasteiger partial charge < -0.3 is 16.0 Å². The van der Waals surface area contributed by atoms with Crippen LogP contribution in [-0.2, 0) is 11.3 Å². The van der Waals surface area contributed by atoms with Crippen molar-refractivity contribution >= 4 is 17.6 Å². The van der Waals surface area contributed by atoms with E-state index < -0.39 is 5.41 Å². The average Bonchev–Trinajstić information content (AvgIpc) is 3.46. The first kappa shape index (κ1) is 20.4. The summed E-state index contributed by atoms with van der Waals surface area (Å²) in [6.45, 7) is 4.76. The lowest BCUT2D eigenvalue weighted by Gasteiger charge is -2.36. The molecule has 2 aliphatic rings. The average molecular weight is 411 g/mol. The molecule has 2 amide bonds. The van der Waals surface area contributed by atoms with E-state index in [-0.39, 0.29) is 23.9 Å². The first-order valence-corrected chi connectivity index (χ1v) is 10.7. The van der Waals surface area contributed by atoms with Gasteiger partial charge in [0, 0.05) is 24.5 Å². The molecule has 8 nitrogen and oxygen atoms in total. The van der Waals surface area contributed by atoms with Gasteiger partial charge in [0.15, 0.2) is 0 Å². The molecule has 2 bridgehead atoms. The number of aromatic nitrogens is 3. The number of aromatic amines is 1. The number of nitrogens with two attached hydrogens (primary N) is 1. The van der Waals surface area contributed by atoms with Crippen molar-refractivity contribution in [2.24, 2.45) is 11.3 Å². The van der Waals surface area contributed by atoms with Gasteiger partial charge in [-0.3, -0.25) is 14.7 Å². The fourth-order valence-electron chi connectivity index (χ4n) is 5.08. The smallest absolute Gasteiger partial charge is 0.255 e. The molecule has 160 valence electrons. The third-order valence-electron chi connectivity index (χ3n) is 6.63. The molecule has 30 heavy (non-hydrogen) atoms. The monoisotopic (exact) mass is 410 g/mol. The number of H-pyrrole nitrogens is 1. The Morgan fingerprint density at radius 1 is 1.33 bits per heavy atom. The number of nitrogens with one attached hydrogen (secondary N) is 2. The van der Waals surface area contributed by atoms with Crippen LogP contribution in [0.15, 0.2) is 30.6 Å². The first-order valence-electron chi connectivity index (χ1n) is 10.7. The highest BCUT2D eigenvalue weighted by Gasteiger charge is 2.60. The number of hydrogen-bond donors (Lipinski definition) is 3. The number of fused-ring (bicyclic) bond motifs is 2. The third-order valence-corrected chi connectivity index (χ3v) is 6.63. The molecule has 2 aromatic heterocycles. The molecule has 0 radical (unpaired) electrons. The van der Waals surface area contributed by atoms with Crippen molar-refractivity contribution < 1.29 is 9.59 Å². The summed E-state index contributed by atoms with van der Waals surface area (Å²) in [7, 11) is 0. The maximum absolute atomic E-state index is 13.5. The van der Waals surface area contributed by atoms with Crippen LogP contribution in [0, 0.1) is 11.3 Å². The van der Waals surface area contributed by atoms with Crippen LogP contribution in [0.3, 0.4) is 0 Å². The third kappa shape index (κ3) is 3.66. The van der Waals surface area contributed by atoms with Gasteiger partial charge in [-0.2, -0.15) is 5.10 Å².